The molecule has 1 amide bonds. The molecule has 6 nitrogen and oxygen atoms in total. The van der Waals surface area contributed by atoms with Crippen LogP contribution in [-0.2, 0) is 9.53 Å². The summed E-state index contributed by atoms with van der Waals surface area (Å²) in [6.07, 6.45) is -0.917. The van der Waals surface area contributed by atoms with Gasteiger partial charge in [-0.1, -0.05) is 0 Å². The molecule has 7 heteroatoms. The van der Waals surface area contributed by atoms with E-state index in [-0.39, 0.29) is 24.2 Å². The minimum Gasteiger partial charge on any atom is -0.481 e. The Morgan fingerprint density at radius 3 is 2.74 bits per heavy atom. The molecule has 104 valence electrons. The number of amides is 1. The first kappa shape index (κ1) is 14.9. The molecule has 19 heavy (non-hydrogen) atoms. The molecule has 0 aliphatic rings. The van der Waals surface area contributed by atoms with Crippen molar-refractivity contribution in [2.75, 3.05) is 19.4 Å². The van der Waals surface area contributed by atoms with E-state index in [1.165, 1.54) is 19.2 Å². The third-order valence-corrected chi connectivity index (χ3v) is 2.46. The molecule has 0 aromatic heterocycles. The van der Waals surface area contributed by atoms with Crippen molar-refractivity contribution in [3.8, 4) is 0 Å². The maximum absolute atomic E-state index is 13.5. The Morgan fingerprint density at radius 2 is 2.21 bits per heavy atom. The van der Waals surface area contributed by atoms with Gasteiger partial charge in [-0.25, -0.2) is 4.39 Å². The van der Waals surface area contributed by atoms with E-state index in [1.807, 2.05) is 0 Å². The number of methoxy groups -OCH3 is 1. The molecule has 1 rings (SSSR count). The van der Waals surface area contributed by atoms with Gasteiger partial charge in [0.15, 0.2) is 0 Å². The minimum absolute atomic E-state index is 0.0224. The predicted molar refractivity (Wildman–Crippen MR) is 66.2 cm³/mol. The smallest absolute Gasteiger partial charge is 0.306 e. The number of carboxylic acid groups (broad SMARTS) is 1. The Bertz CT molecular complexity index is 479. The molecule has 1 aromatic carbocycles. The molecular formula is C12H15FN2O4. The monoisotopic (exact) mass is 270 g/mol. The number of aliphatic carboxylic acids is 1. The largest absolute Gasteiger partial charge is 0.481 e. The minimum atomic E-state index is -1.04. The third kappa shape index (κ3) is 4.55. The van der Waals surface area contributed by atoms with Gasteiger partial charge in [-0.3, -0.25) is 9.59 Å². The van der Waals surface area contributed by atoms with Gasteiger partial charge in [0.2, 0.25) is 0 Å². The number of nitrogen functional groups attached to an aromatic ring is 1. The molecule has 1 aromatic rings. The van der Waals surface area contributed by atoms with Crippen LogP contribution in [0, 0.1) is 5.82 Å². The van der Waals surface area contributed by atoms with E-state index in [0.717, 1.165) is 6.07 Å². The van der Waals surface area contributed by atoms with Crippen molar-refractivity contribution >= 4 is 17.6 Å². The van der Waals surface area contributed by atoms with E-state index < -0.39 is 23.8 Å². The van der Waals surface area contributed by atoms with Crippen LogP contribution < -0.4 is 11.1 Å². The SMILES string of the molecule is COC(CNC(=O)c1ccc(N)cc1F)CC(=O)O. The average molecular weight is 270 g/mol. The number of rotatable bonds is 6. The van der Waals surface area contributed by atoms with E-state index in [1.54, 1.807) is 0 Å². The highest BCUT2D eigenvalue weighted by atomic mass is 19.1. The van der Waals surface area contributed by atoms with E-state index in [2.05, 4.69) is 5.32 Å². The first-order chi connectivity index (χ1) is 8.93. The second kappa shape index (κ2) is 6.69. The fraction of sp³-hybridized carbons (Fsp3) is 0.333. The number of carboxylic acids is 1. The van der Waals surface area contributed by atoms with E-state index in [0.29, 0.717) is 0 Å². The number of hydrogen-bond acceptors (Lipinski definition) is 4. The predicted octanol–water partition coefficient (Wildman–Crippen LogP) is 0.627. The number of halogens is 1. The van der Waals surface area contributed by atoms with Crippen LogP contribution in [0.2, 0.25) is 0 Å². The molecule has 0 radical (unpaired) electrons. The summed E-state index contributed by atoms with van der Waals surface area (Å²) in [6, 6.07) is 3.71. The Labute approximate surface area is 109 Å². The van der Waals surface area contributed by atoms with Crippen molar-refractivity contribution in [2.24, 2.45) is 0 Å². The summed E-state index contributed by atoms with van der Waals surface area (Å²) in [5.74, 6) is -2.42. The number of ether oxygens (including phenoxy) is 1. The number of carbonyl (C=O) groups excluding carboxylic acids is 1. The zero-order chi connectivity index (χ0) is 14.4. The maximum Gasteiger partial charge on any atom is 0.306 e. The third-order valence-electron chi connectivity index (χ3n) is 2.46. The molecule has 0 saturated carbocycles. The summed E-state index contributed by atoms with van der Waals surface area (Å²) in [7, 11) is 1.34. The highest BCUT2D eigenvalue weighted by Crippen LogP contribution is 2.11. The lowest BCUT2D eigenvalue weighted by Gasteiger charge is -2.14. The molecule has 0 aliphatic carbocycles. The molecule has 0 bridgehead atoms. The molecule has 1 atom stereocenters. The van der Waals surface area contributed by atoms with Crippen LogP contribution in [0.25, 0.3) is 0 Å². The number of benzene rings is 1. The van der Waals surface area contributed by atoms with Crippen LogP contribution in [0.4, 0.5) is 10.1 Å². The summed E-state index contributed by atoms with van der Waals surface area (Å²) < 4.78 is 18.3. The summed E-state index contributed by atoms with van der Waals surface area (Å²) in [6.45, 7) is -0.0224. The summed E-state index contributed by atoms with van der Waals surface area (Å²) in [4.78, 5) is 22.2. The van der Waals surface area contributed by atoms with Crippen LogP contribution >= 0.6 is 0 Å². The normalized spacial score (nSPS) is 11.9. The lowest BCUT2D eigenvalue weighted by atomic mass is 10.1. The fourth-order valence-corrected chi connectivity index (χ4v) is 1.45. The number of carbonyl (C=O) groups is 2. The zero-order valence-electron chi connectivity index (χ0n) is 10.4. The Hall–Kier alpha value is -2.15. The summed E-state index contributed by atoms with van der Waals surface area (Å²) >= 11 is 0. The van der Waals surface area contributed by atoms with Crippen molar-refractivity contribution in [3.63, 3.8) is 0 Å². The second-order valence-electron chi connectivity index (χ2n) is 3.90. The molecule has 1 unspecified atom stereocenters. The van der Waals surface area contributed by atoms with Gasteiger partial charge < -0.3 is 20.9 Å². The zero-order valence-corrected chi connectivity index (χ0v) is 10.4. The van der Waals surface area contributed by atoms with Crippen molar-refractivity contribution in [1.29, 1.82) is 0 Å². The van der Waals surface area contributed by atoms with Crippen molar-refractivity contribution in [1.82, 2.24) is 5.32 Å². The van der Waals surface area contributed by atoms with Gasteiger partial charge in [-0.2, -0.15) is 0 Å². The first-order valence-corrected chi connectivity index (χ1v) is 5.52. The van der Waals surface area contributed by atoms with Crippen LogP contribution in [0.1, 0.15) is 16.8 Å². The lowest BCUT2D eigenvalue weighted by molar-refractivity contribution is -0.139. The van der Waals surface area contributed by atoms with Crippen molar-refractivity contribution in [2.45, 2.75) is 12.5 Å². The molecule has 0 saturated heterocycles. The number of nitrogens with one attached hydrogen (secondary N) is 1. The van der Waals surface area contributed by atoms with Gasteiger partial charge in [0.1, 0.15) is 5.82 Å². The highest BCUT2D eigenvalue weighted by molar-refractivity contribution is 5.94. The molecule has 0 fully saturated rings. The average Bonchev–Trinajstić information content (AvgIpc) is 2.33. The number of anilines is 1. The second-order valence-corrected chi connectivity index (χ2v) is 3.90. The maximum atomic E-state index is 13.5. The molecular weight excluding hydrogens is 255 g/mol. The molecule has 0 spiro atoms. The van der Waals surface area contributed by atoms with Crippen LogP contribution in [0.5, 0.6) is 0 Å². The van der Waals surface area contributed by atoms with Crippen LogP contribution in [-0.4, -0.2) is 36.7 Å². The van der Waals surface area contributed by atoms with Crippen molar-refractivity contribution < 1.29 is 23.8 Å². The van der Waals surface area contributed by atoms with Crippen LogP contribution in [0.3, 0.4) is 0 Å². The van der Waals surface area contributed by atoms with Gasteiger partial charge in [0.25, 0.3) is 5.91 Å². The van der Waals surface area contributed by atoms with Gasteiger partial charge in [0.05, 0.1) is 18.1 Å². The molecule has 0 aliphatic heterocycles. The van der Waals surface area contributed by atoms with Gasteiger partial charge in [-0.15, -0.1) is 0 Å². The lowest BCUT2D eigenvalue weighted by Crippen LogP contribution is -2.34. The van der Waals surface area contributed by atoms with Gasteiger partial charge in [0, 0.05) is 19.3 Å². The van der Waals surface area contributed by atoms with Crippen molar-refractivity contribution in [3.05, 3.63) is 29.6 Å². The highest BCUT2D eigenvalue weighted by Gasteiger charge is 2.16. The molecule has 0 heterocycles. The molecule has 4 N–H and O–H groups in total. The van der Waals surface area contributed by atoms with Gasteiger partial charge in [-0.05, 0) is 18.2 Å². The van der Waals surface area contributed by atoms with E-state index in [9.17, 15) is 14.0 Å². The quantitative estimate of drug-likeness (QED) is 0.658. The number of nitrogens with two attached hydrogens (primary N) is 1. The summed E-state index contributed by atoms with van der Waals surface area (Å²) in [5.41, 5.74) is 5.43. The Balaban J connectivity index is 2.61. The first-order valence-electron chi connectivity index (χ1n) is 5.52. The Morgan fingerprint density at radius 1 is 1.53 bits per heavy atom. The topological polar surface area (TPSA) is 102 Å². The van der Waals surface area contributed by atoms with Gasteiger partial charge >= 0.3 is 5.97 Å². The summed E-state index contributed by atoms with van der Waals surface area (Å²) in [5, 5.41) is 11.0. The van der Waals surface area contributed by atoms with E-state index >= 15 is 0 Å². The fourth-order valence-electron chi connectivity index (χ4n) is 1.45. The Kier molecular flexibility index (Phi) is 5.25. The van der Waals surface area contributed by atoms with Crippen LogP contribution in [0.15, 0.2) is 18.2 Å². The number of hydrogen-bond donors (Lipinski definition) is 3. The van der Waals surface area contributed by atoms with E-state index in [4.69, 9.17) is 15.6 Å². The standard InChI is InChI=1S/C12H15FN2O4/c1-19-8(5-11(16)17)6-15-12(18)9-3-2-7(14)4-10(9)13/h2-4,8H,5-6,14H2,1H3,(H,15,18)(H,16,17).